The van der Waals surface area contributed by atoms with Gasteiger partial charge >= 0.3 is 0 Å². The smallest absolute Gasteiger partial charge is 0.287 e. The molecule has 1 amide bonds. The van der Waals surface area contributed by atoms with Crippen molar-refractivity contribution >= 4 is 27.5 Å². The highest BCUT2D eigenvalue weighted by Gasteiger charge is 2.16. The maximum atomic E-state index is 11.6. The predicted octanol–water partition coefficient (Wildman–Crippen LogP) is 2.07. The van der Waals surface area contributed by atoms with E-state index in [2.05, 4.69) is 26.2 Å². The molecule has 0 fully saturated rings. The van der Waals surface area contributed by atoms with Crippen LogP contribution in [-0.2, 0) is 0 Å². The molecule has 0 aliphatic rings. The van der Waals surface area contributed by atoms with E-state index in [-0.39, 0.29) is 22.1 Å². The van der Waals surface area contributed by atoms with Crippen molar-refractivity contribution in [1.29, 1.82) is 0 Å². The first-order chi connectivity index (χ1) is 7.91. The van der Waals surface area contributed by atoms with Gasteiger partial charge < -0.3 is 10.3 Å². The fourth-order valence-electron chi connectivity index (χ4n) is 1.14. The fourth-order valence-corrected chi connectivity index (χ4v) is 1.30. The second kappa shape index (κ2) is 5.81. The number of alkyl halides is 1. The van der Waals surface area contributed by atoms with E-state index in [0.29, 0.717) is 12.5 Å². The molecule has 7 heteroatoms. The number of halogens is 1. The molecule has 0 radical (unpaired) electrons. The van der Waals surface area contributed by atoms with Gasteiger partial charge in [-0.2, -0.15) is 0 Å². The number of aromatic nitrogens is 1. The third-order valence-corrected chi connectivity index (χ3v) is 3.69. The number of nitrogens with one attached hydrogen (secondary N) is 2. The summed E-state index contributed by atoms with van der Waals surface area (Å²) in [6, 6.07) is 1.22. The quantitative estimate of drug-likeness (QED) is 0.496. The zero-order valence-corrected chi connectivity index (χ0v) is 11.2. The van der Waals surface area contributed by atoms with Crippen LogP contribution in [0, 0.1) is 16.0 Å². The SMILES string of the molecule is CC(C)C(Br)CNC(=O)c1cc([N+](=O)[O-])c[nH]1. The normalized spacial score (nSPS) is 12.5. The number of amides is 1. The summed E-state index contributed by atoms with van der Waals surface area (Å²) >= 11 is 3.44. The monoisotopic (exact) mass is 303 g/mol. The third kappa shape index (κ3) is 3.85. The van der Waals surface area contributed by atoms with Gasteiger partial charge in [0, 0.05) is 17.4 Å². The summed E-state index contributed by atoms with van der Waals surface area (Å²) in [5.74, 6) is 0.0523. The van der Waals surface area contributed by atoms with Gasteiger partial charge in [-0.25, -0.2) is 0 Å². The number of carbonyl (C=O) groups is 1. The van der Waals surface area contributed by atoms with Crippen LogP contribution in [0.5, 0.6) is 0 Å². The van der Waals surface area contributed by atoms with E-state index in [1.54, 1.807) is 0 Å². The minimum atomic E-state index is -0.547. The first kappa shape index (κ1) is 13.7. The van der Waals surface area contributed by atoms with Gasteiger partial charge in [-0.05, 0) is 5.92 Å². The topological polar surface area (TPSA) is 88.0 Å². The highest BCUT2D eigenvalue weighted by molar-refractivity contribution is 9.09. The van der Waals surface area contributed by atoms with Crippen LogP contribution in [0.25, 0.3) is 0 Å². The summed E-state index contributed by atoms with van der Waals surface area (Å²) in [6.45, 7) is 4.54. The van der Waals surface area contributed by atoms with Crippen LogP contribution in [-0.4, -0.2) is 27.2 Å². The molecular formula is C10H14BrN3O3. The van der Waals surface area contributed by atoms with Gasteiger partial charge in [0.2, 0.25) is 0 Å². The lowest BCUT2D eigenvalue weighted by Crippen LogP contribution is -2.31. The largest absolute Gasteiger partial charge is 0.351 e. The summed E-state index contributed by atoms with van der Waals surface area (Å²) in [6.07, 6.45) is 1.20. The second-order valence-electron chi connectivity index (χ2n) is 4.00. The Bertz CT molecular complexity index is 417. The average Bonchev–Trinajstić information content (AvgIpc) is 2.74. The highest BCUT2D eigenvalue weighted by Crippen LogP contribution is 2.13. The molecule has 0 bridgehead atoms. The van der Waals surface area contributed by atoms with Crippen LogP contribution in [0.4, 0.5) is 5.69 Å². The number of hydrogen-bond donors (Lipinski definition) is 2. The minimum Gasteiger partial charge on any atom is -0.351 e. The van der Waals surface area contributed by atoms with Gasteiger partial charge in [-0.3, -0.25) is 14.9 Å². The molecule has 2 N–H and O–H groups in total. The number of H-pyrrole nitrogens is 1. The Morgan fingerprint density at radius 3 is 2.76 bits per heavy atom. The molecule has 0 aliphatic carbocycles. The van der Waals surface area contributed by atoms with Crippen LogP contribution in [0.1, 0.15) is 24.3 Å². The third-order valence-electron chi connectivity index (χ3n) is 2.30. The van der Waals surface area contributed by atoms with Crippen LogP contribution in [0.2, 0.25) is 0 Å². The maximum absolute atomic E-state index is 11.6. The molecule has 1 heterocycles. The van der Waals surface area contributed by atoms with Gasteiger partial charge in [0.1, 0.15) is 5.69 Å². The van der Waals surface area contributed by atoms with Gasteiger partial charge in [-0.15, -0.1) is 0 Å². The summed E-state index contributed by atoms with van der Waals surface area (Å²) in [7, 11) is 0. The van der Waals surface area contributed by atoms with E-state index in [1.165, 1.54) is 12.3 Å². The van der Waals surface area contributed by atoms with Crippen molar-refractivity contribution in [3.63, 3.8) is 0 Å². The summed E-state index contributed by atoms with van der Waals surface area (Å²) < 4.78 is 0. The molecular weight excluding hydrogens is 290 g/mol. The number of hydrogen-bond acceptors (Lipinski definition) is 3. The Morgan fingerprint density at radius 1 is 1.65 bits per heavy atom. The Labute approximate surface area is 107 Å². The Hall–Kier alpha value is -1.37. The average molecular weight is 304 g/mol. The van der Waals surface area contributed by atoms with Crippen LogP contribution < -0.4 is 5.32 Å². The zero-order chi connectivity index (χ0) is 13.0. The van der Waals surface area contributed by atoms with Gasteiger partial charge in [0.15, 0.2) is 0 Å². The van der Waals surface area contributed by atoms with Crippen molar-refractivity contribution in [2.45, 2.75) is 18.7 Å². The maximum Gasteiger partial charge on any atom is 0.287 e. The lowest BCUT2D eigenvalue weighted by atomic mass is 10.1. The summed E-state index contributed by atoms with van der Waals surface area (Å²) in [4.78, 5) is 24.3. The van der Waals surface area contributed by atoms with E-state index in [9.17, 15) is 14.9 Å². The predicted molar refractivity (Wildman–Crippen MR) is 67.3 cm³/mol. The molecule has 1 atom stereocenters. The molecule has 0 aliphatic heterocycles. The molecule has 0 spiro atoms. The number of carbonyl (C=O) groups excluding carboxylic acids is 1. The van der Waals surface area contributed by atoms with Gasteiger partial charge in [0.25, 0.3) is 11.6 Å². The van der Waals surface area contributed by atoms with E-state index in [0.717, 1.165) is 0 Å². The van der Waals surface area contributed by atoms with E-state index in [1.807, 2.05) is 13.8 Å². The lowest BCUT2D eigenvalue weighted by Gasteiger charge is -2.13. The van der Waals surface area contributed by atoms with E-state index in [4.69, 9.17) is 0 Å². The van der Waals surface area contributed by atoms with Crippen LogP contribution >= 0.6 is 15.9 Å². The Balaban J connectivity index is 2.55. The summed E-state index contributed by atoms with van der Waals surface area (Å²) in [5.41, 5.74) is 0.0783. The lowest BCUT2D eigenvalue weighted by molar-refractivity contribution is -0.384. The van der Waals surface area contributed by atoms with Gasteiger partial charge in [0.05, 0.1) is 11.1 Å². The summed E-state index contributed by atoms with van der Waals surface area (Å²) in [5, 5.41) is 13.1. The minimum absolute atomic E-state index is 0.116. The molecule has 0 saturated heterocycles. The van der Waals surface area contributed by atoms with Crippen molar-refractivity contribution in [3.05, 3.63) is 28.1 Å². The van der Waals surface area contributed by atoms with Gasteiger partial charge in [-0.1, -0.05) is 29.8 Å². The molecule has 1 aromatic heterocycles. The standard InChI is InChI=1S/C10H14BrN3O3/c1-6(2)8(11)5-13-10(15)9-3-7(4-12-9)14(16)17/h3-4,6,8,12H,5H2,1-2H3,(H,13,15). The number of nitro groups is 1. The van der Waals surface area contributed by atoms with Crippen LogP contribution in [0.3, 0.4) is 0 Å². The molecule has 94 valence electrons. The number of nitrogens with zero attached hydrogens (tertiary/aromatic N) is 1. The van der Waals surface area contributed by atoms with Crippen molar-refractivity contribution in [2.75, 3.05) is 6.54 Å². The van der Waals surface area contributed by atoms with Crippen molar-refractivity contribution in [3.8, 4) is 0 Å². The number of aromatic amines is 1. The fraction of sp³-hybridized carbons (Fsp3) is 0.500. The molecule has 1 unspecified atom stereocenters. The highest BCUT2D eigenvalue weighted by atomic mass is 79.9. The van der Waals surface area contributed by atoms with E-state index >= 15 is 0 Å². The molecule has 0 aromatic carbocycles. The molecule has 17 heavy (non-hydrogen) atoms. The molecule has 6 nitrogen and oxygen atoms in total. The van der Waals surface area contributed by atoms with Crippen molar-refractivity contribution in [2.24, 2.45) is 5.92 Å². The first-order valence-electron chi connectivity index (χ1n) is 5.17. The first-order valence-corrected chi connectivity index (χ1v) is 6.08. The van der Waals surface area contributed by atoms with E-state index < -0.39 is 4.92 Å². The van der Waals surface area contributed by atoms with Crippen LogP contribution in [0.15, 0.2) is 12.3 Å². The molecule has 1 rings (SSSR count). The second-order valence-corrected chi connectivity index (χ2v) is 5.17. The Kier molecular flexibility index (Phi) is 4.68. The molecule has 1 aromatic rings. The number of rotatable bonds is 5. The zero-order valence-electron chi connectivity index (χ0n) is 9.57. The van der Waals surface area contributed by atoms with Crippen molar-refractivity contribution in [1.82, 2.24) is 10.3 Å². The van der Waals surface area contributed by atoms with Crippen molar-refractivity contribution < 1.29 is 9.72 Å². The Morgan fingerprint density at radius 2 is 2.29 bits per heavy atom. The molecule has 0 saturated carbocycles.